The third kappa shape index (κ3) is 2.90. The van der Waals surface area contributed by atoms with Crippen LogP contribution in [-0.2, 0) is 6.42 Å². The number of likely N-dealkylation sites (tertiary alicyclic amines) is 1. The largest absolute Gasteiger partial charge is 0.336 e. The van der Waals surface area contributed by atoms with Gasteiger partial charge in [0.25, 0.3) is 5.91 Å². The summed E-state index contributed by atoms with van der Waals surface area (Å²) in [4.78, 5) is 19.6. The van der Waals surface area contributed by atoms with Gasteiger partial charge in [-0.25, -0.2) is 4.98 Å². The Balaban J connectivity index is 2.19. The summed E-state index contributed by atoms with van der Waals surface area (Å²) >= 11 is 1.51. The molecule has 0 saturated carbocycles. The Hall–Kier alpha value is -0.940. The second-order valence-corrected chi connectivity index (χ2v) is 6.61. The standard InChI is InChI=1S/C13H21N3OS/c1-8(2)6-11-12(18-9(3)15-11)13(17)16-5-4-10(14)7-16/h8,10H,4-7,14H2,1-3H3. The normalized spacial score (nSPS) is 19.8. The minimum absolute atomic E-state index is 0.115. The van der Waals surface area contributed by atoms with E-state index in [-0.39, 0.29) is 11.9 Å². The van der Waals surface area contributed by atoms with Gasteiger partial charge in [-0.1, -0.05) is 13.8 Å². The zero-order valence-corrected chi connectivity index (χ0v) is 12.1. The van der Waals surface area contributed by atoms with Crippen molar-refractivity contribution in [3.05, 3.63) is 15.6 Å². The molecule has 2 N–H and O–H groups in total. The van der Waals surface area contributed by atoms with E-state index in [1.807, 2.05) is 11.8 Å². The van der Waals surface area contributed by atoms with Crippen molar-refractivity contribution in [3.8, 4) is 0 Å². The third-order valence-electron chi connectivity index (χ3n) is 3.11. The fraction of sp³-hybridized carbons (Fsp3) is 0.692. The summed E-state index contributed by atoms with van der Waals surface area (Å²) in [6.45, 7) is 7.71. The number of nitrogens with zero attached hydrogens (tertiary/aromatic N) is 2. The van der Waals surface area contributed by atoms with Crippen molar-refractivity contribution >= 4 is 17.2 Å². The van der Waals surface area contributed by atoms with Crippen LogP contribution >= 0.6 is 11.3 Å². The number of aryl methyl sites for hydroxylation is 1. The molecule has 1 aliphatic rings. The molecule has 0 bridgehead atoms. The van der Waals surface area contributed by atoms with Crippen LogP contribution in [0.5, 0.6) is 0 Å². The van der Waals surface area contributed by atoms with Crippen molar-refractivity contribution in [1.82, 2.24) is 9.88 Å². The summed E-state index contributed by atoms with van der Waals surface area (Å²) in [5.41, 5.74) is 6.82. The molecule has 100 valence electrons. The number of aromatic nitrogens is 1. The smallest absolute Gasteiger partial charge is 0.265 e. The lowest BCUT2D eigenvalue weighted by molar-refractivity contribution is 0.0794. The summed E-state index contributed by atoms with van der Waals surface area (Å²) in [5.74, 6) is 0.628. The highest BCUT2D eigenvalue weighted by atomic mass is 32.1. The molecular formula is C13H21N3OS. The molecule has 4 nitrogen and oxygen atoms in total. The lowest BCUT2D eigenvalue weighted by atomic mass is 10.1. The summed E-state index contributed by atoms with van der Waals surface area (Å²) in [7, 11) is 0. The third-order valence-corrected chi connectivity index (χ3v) is 4.11. The van der Waals surface area contributed by atoms with Gasteiger partial charge in [-0.15, -0.1) is 11.3 Å². The van der Waals surface area contributed by atoms with E-state index in [0.29, 0.717) is 12.5 Å². The van der Waals surface area contributed by atoms with E-state index in [0.717, 1.165) is 35.0 Å². The topological polar surface area (TPSA) is 59.2 Å². The SMILES string of the molecule is Cc1nc(CC(C)C)c(C(=O)N2CCC(N)C2)s1. The molecule has 18 heavy (non-hydrogen) atoms. The van der Waals surface area contributed by atoms with Gasteiger partial charge in [-0.2, -0.15) is 0 Å². The van der Waals surface area contributed by atoms with Gasteiger partial charge in [0.1, 0.15) is 4.88 Å². The molecule has 2 rings (SSSR count). The second kappa shape index (κ2) is 5.36. The first-order valence-electron chi connectivity index (χ1n) is 6.48. The summed E-state index contributed by atoms with van der Waals surface area (Å²) < 4.78 is 0. The molecule has 1 amide bonds. The summed E-state index contributed by atoms with van der Waals surface area (Å²) in [5, 5.41) is 0.970. The van der Waals surface area contributed by atoms with Gasteiger partial charge in [0.2, 0.25) is 0 Å². The highest BCUT2D eigenvalue weighted by Gasteiger charge is 2.28. The maximum absolute atomic E-state index is 12.4. The molecule has 0 aromatic carbocycles. The van der Waals surface area contributed by atoms with Crippen LogP contribution in [0.25, 0.3) is 0 Å². The van der Waals surface area contributed by atoms with Gasteiger partial charge in [-0.05, 0) is 25.7 Å². The predicted octanol–water partition coefficient (Wildman–Crippen LogP) is 1.82. The number of rotatable bonds is 3. The zero-order chi connectivity index (χ0) is 13.3. The minimum Gasteiger partial charge on any atom is -0.336 e. The Labute approximate surface area is 112 Å². The molecule has 0 aliphatic carbocycles. The fourth-order valence-corrected chi connectivity index (χ4v) is 3.19. The van der Waals surface area contributed by atoms with Crippen molar-refractivity contribution in [2.75, 3.05) is 13.1 Å². The average molecular weight is 267 g/mol. The number of amides is 1. The first kappa shape index (κ1) is 13.5. The average Bonchev–Trinajstić information content (AvgIpc) is 2.83. The lowest BCUT2D eigenvalue weighted by Crippen LogP contribution is -2.32. The monoisotopic (exact) mass is 267 g/mol. The van der Waals surface area contributed by atoms with Crippen LogP contribution < -0.4 is 5.73 Å². The first-order chi connectivity index (χ1) is 8.47. The molecule has 1 unspecified atom stereocenters. The van der Waals surface area contributed by atoms with Crippen molar-refractivity contribution in [2.45, 2.75) is 39.7 Å². The molecule has 1 aromatic rings. The molecule has 0 spiro atoms. The van der Waals surface area contributed by atoms with E-state index >= 15 is 0 Å². The van der Waals surface area contributed by atoms with Crippen molar-refractivity contribution in [1.29, 1.82) is 0 Å². The molecule has 2 heterocycles. The molecule has 1 aliphatic heterocycles. The number of nitrogens with two attached hydrogens (primary N) is 1. The maximum Gasteiger partial charge on any atom is 0.265 e. The Kier molecular flexibility index (Phi) is 4.02. The van der Waals surface area contributed by atoms with Crippen LogP contribution in [0, 0.1) is 12.8 Å². The Morgan fingerprint density at radius 2 is 2.33 bits per heavy atom. The van der Waals surface area contributed by atoms with Gasteiger partial charge in [0.15, 0.2) is 0 Å². The van der Waals surface area contributed by atoms with Crippen LogP contribution in [0.2, 0.25) is 0 Å². The highest BCUT2D eigenvalue weighted by molar-refractivity contribution is 7.13. The Morgan fingerprint density at radius 1 is 1.61 bits per heavy atom. The van der Waals surface area contributed by atoms with E-state index in [1.165, 1.54) is 11.3 Å². The lowest BCUT2D eigenvalue weighted by Gasteiger charge is -2.15. The molecule has 1 fully saturated rings. The molecule has 0 radical (unpaired) electrons. The molecule has 1 aromatic heterocycles. The molecule has 1 saturated heterocycles. The Morgan fingerprint density at radius 3 is 2.89 bits per heavy atom. The van der Waals surface area contributed by atoms with E-state index in [2.05, 4.69) is 18.8 Å². The first-order valence-corrected chi connectivity index (χ1v) is 7.30. The van der Waals surface area contributed by atoms with E-state index in [4.69, 9.17) is 5.73 Å². The van der Waals surface area contributed by atoms with Crippen molar-refractivity contribution < 1.29 is 4.79 Å². The molecule has 1 atom stereocenters. The van der Waals surface area contributed by atoms with Crippen LogP contribution in [0.4, 0.5) is 0 Å². The second-order valence-electron chi connectivity index (χ2n) is 5.41. The summed E-state index contributed by atoms with van der Waals surface area (Å²) in [6.07, 6.45) is 1.77. The Bertz CT molecular complexity index is 441. The van der Waals surface area contributed by atoms with E-state index in [1.54, 1.807) is 0 Å². The van der Waals surface area contributed by atoms with Gasteiger partial charge < -0.3 is 10.6 Å². The number of hydrogen-bond donors (Lipinski definition) is 1. The predicted molar refractivity (Wildman–Crippen MR) is 73.9 cm³/mol. The number of thiazole rings is 1. The number of carbonyl (C=O) groups excluding carboxylic acids is 1. The maximum atomic E-state index is 12.4. The minimum atomic E-state index is 0.115. The molecular weight excluding hydrogens is 246 g/mol. The zero-order valence-electron chi connectivity index (χ0n) is 11.3. The van der Waals surface area contributed by atoms with Crippen LogP contribution in [0.3, 0.4) is 0 Å². The van der Waals surface area contributed by atoms with Crippen LogP contribution in [0.15, 0.2) is 0 Å². The van der Waals surface area contributed by atoms with Crippen molar-refractivity contribution in [3.63, 3.8) is 0 Å². The highest BCUT2D eigenvalue weighted by Crippen LogP contribution is 2.24. The van der Waals surface area contributed by atoms with Gasteiger partial charge >= 0.3 is 0 Å². The fourth-order valence-electron chi connectivity index (χ4n) is 2.28. The van der Waals surface area contributed by atoms with E-state index < -0.39 is 0 Å². The van der Waals surface area contributed by atoms with Gasteiger partial charge in [-0.3, -0.25) is 4.79 Å². The van der Waals surface area contributed by atoms with Gasteiger partial charge in [0.05, 0.1) is 10.7 Å². The van der Waals surface area contributed by atoms with Crippen molar-refractivity contribution in [2.24, 2.45) is 11.7 Å². The number of hydrogen-bond acceptors (Lipinski definition) is 4. The quantitative estimate of drug-likeness (QED) is 0.909. The van der Waals surface area contributed by atoms with Gasteiger partial charge in [0, 0.05) is 19.1 Å². The number of carbonyl (C=O) groups is 1. The summed E-state index contributed by atoms with van der Waals surface area (Å²) in [6, 6.07) is 0.136. The van der Waals surface area contributed by atoms with Crippen LogP contribution in [-0.4, -0.2) is 34.9 Å². The molecule has 5 heteroatoms. The van der Waals surface area contributed by atoms with Crippen LogP contribution in [0.1, 0.15) is 40.6 Å². The van der Waals surface area contributed by atoms with E-state index in [9.17, 15) is 4.79 Å².